The van der Waals surface area contributed by atoms with Crippen LogP contribution in [0.25, 0.3) is 10.9 Å². The molecular weight excluding hydrogens is 500 g/mol. The van der Waals surface area contributed by atoms with E-state index in [2.05, 4.69) is 19.9 Å². The minimum absolute atomic E-state index is 0.0978. The first-order valence-corrected chi connectivity index (χ1v) is 13.4. The third-order valence-corrected chi connectivity index (χ3v) is 8.18. The fraction of sp³-hybridized carbons (Fsp3) is 0.462. The molecule has 10 heteroatoms. The van der Waals surface area contributed by atoms with E-state index in [0.29, 0.717) is 29.2 Å². The second-order valence-electron chi connectivity index (χ2n) is 9.26. The summed E-state index contributed by atoms with van der Waals surface area (Å²) in [5.74, 6) is 0.765. The number of aliphatic hydroxyl groups is 1. The number of pyridine rings is 1. The molecule has 1 saturated heterocycles. The fourth-order valence-electron chi connectivity index (χ4n) is 4.95. The number of hydrogen-bond acceptors (Lipinski definition) is 8. The van der Waals surface area contributed by atoms with Crippen molar-refractivity contribution in [3.8, 4) is 5.75 Å². The number of aliphatic carboxylic acids is 1. The number of nitrogens with zero attached hydrogens (tertiary/aromatic N) is 4. The summed E-state index contributed by atoms with van der Waals surface area (Å²) >= 11 is 8.14. The largest absolute Gasteiger partial charge is 0.497 e. The van der Waals surface area contributed by atoms with E-state index >= 15 is 0 Å². The van der Waals surface area contributed by atoms with Gasteiger partial charge in [-0.05, 0) is 62.4 Å². The van der Waals surface area contributed by atoms with Crippen LogP contribution in [0.2, 0.25) is 5.02 Å². The van der Waals surface area contributed by atoms with Crippen LogP contribution in [-0.4, -0.2) is 68.5 Å². The minimum Gasteiger partial charge on any atom is -0.497 e. The van der Waals surface area contributed by atoms with Crippen LogP contribution in [0.3, 0.4) is 0 Å². The summed E-state index contributed by atoms with van der Waals surface area (Å²) in [6.45, 7) is 2.58. The van der Waals surface area contributed by atoms with Crippen molar-refractivity contribution in [2.45, 2.75) is 43.2 Å². The monoisotopic (exact) mass is 530 g/mol. The first kappa shape index (κ1) is 26.6. The Morgan fingerprint density at radius 3 is 2.75 bits per heavy atom. The summed E-state index contributed by atoms with van der Waals surface area (Å²) in [6.07, 6.45) is 8.52. The summed E-state index contributed by atoms with van der Waals surface area (Å²) < 4.78 is 5.34. The SMILES string of the molecule is COc1ccc2ncc(Cl)c(C(O)CCC3(CC(=O)O)CCN(CCSc4cnccn4)CC3)c2c1. The van der Waals surface area contributed by atoms with Crippen LogP contribution in [0, 0.1) is 5.41 Å². The lowest BCUT2D eigenvalue weighted by molar-refractivity contribution is -0.141. The van der Waals surface area contributed by atoms with Gasteiger partial charge < -0.3 is 19.8 Å². The molecule has 1 fully saturated rings. The van der Waals surface area contributed by atoms with Crippen LogP contribution in [0.15, 0.2) is 48.0 Å². The van der Waals surface area contributed by atoms with Gasteiger partial charge in [0, 0.05) is 41.8 Å². The number of thioether (sulfide) groups is 1. The number of aromatic nitrogens is 3. The summed E-state index contributed by atoms with van der Waals surface area (Å²) in [5, 5.41) is 22.9. The van der Waals surface area contributed by atoms with Crippen LogP contribution in [0.1, 0.15) is 43.8 Å². The van der Waals surface area contributed by atoms with E-state index in [0.717, 1.165) is 54.2 Å². The Morgan fingerprint density at radius 2 is 2.06 bits per heavy atom. The number of ether oxygens (including phenoxy) is 1. The molecule has 192 valence electrons. The highest BCUT2D eigenvalue weighted by molar-refractivity contribution is 7.99. The van der Waals surface area contributed by atoms with Gasteiger partial charge in [-0.1, -0.05) is 11.6 Å². The van der Waals surface area contributed by atoms with Crippen molar-refractivity contribution in [1.82, 2.24) is 19.9 Å². The molecule has 1 aliphatic rings. The van der Waals surface area contributed by atoms with Gasteiger partial charge in [-0.2, -0.15) is 0 Å². The number of benzene rings is 1. The molecule has 3 heterocycles. The molecule has 36 heavy (non-hydrogen) atoms. The summed E-state index contributed by atoms with van der Waals surface area (Å²) in [7, 11) is 1.59. The zero-order valence-electron chi connectivity index (χ0n) is 20.3. The average Bonchev–Trinajstić information content (AvgIpc) is 2.88. The summed E-state index contributed by atoms with van der Waals surface area (Å²) in [6, 6.07) is 5.49. The predicted molar refractivity (Wildman–Crippen MR) is 141 cm³/mol. The van der Waals surface area contributed by atoms with Crippen LogP contribution < -0.4 is 4.74 Å². The lowest BCUT2D eigenvalue weighted by Gasteiger charge is -2.41. The number of likely N-dealkylation sites (tertiary alicyclic amines) is 1. The van der Waals surface area contributed by atoms with Crippen molar-refractivity contribution < 1.29 is 19.7 Å². The summed E-state index contributed by atoms with van der Waals surface area (Å²) in [4.78, 5) is 26.9. The van der Waals surface area contributed by atoms with Gasteiger partial charge in [0.15, 0.2) is 0 Å². The van der Waals surface area contributed by atoms with Gasteiger partial charge in [-0.15, -0.1) is 11.8 Å². The summed E-state index contributed by atoms with van der Waals surface area (Å²) in [5.41, 5.74) is 0.987. The molecule has 0 amide bonds. The van der Waals surface area contributed by atoms with Crippen molar-refractivity contribution in [2.24, 2.45) is 5.41 Å². The van der Waals surface area contributed by atoms with Gasteiger partial charge in [0.25, 0.3) is 0 Å². The number of aliphatic hydroxyl groups excluding tert-OH is 1. The molecule has 1 unspecified atom stereocenters. The number of methoxy groups -OCH3 is 1. The highest BCUT2D eigenvalue weighted by Crippen LogP contribution is 2.43. The van der Waals surface area contributed by atoms with E-state index < -0.39 is 12.1 Å². The van der Waals surface area contributed by atoms with E-state index in [4.69, 9.17) is 16.3 Å². The number of piperidine rings is 1. The molecule has 0 spiro atoms. The highest BCUT2D eigenvalue weighted by atomic mass is 35.5. The zero-order chi connectivity index (χ0) is 25.5. The Morgan fingerprint density at radius 1 is 1.25 bits per heavy atom. The Hall–Kier alpha value is -2.46. The molecule has 1 atom stereocenters. The topological polar surface area (TPSA) is 109 Å². The van der Waals surface area contributed by atoms with Gasteiger partial charge in [0.1, 0.15) is 10.8 Å². The molecular formula is C26H31ClN4O4S. The first-order valence-electron chi connectivity index (χ1n) is 12.0. The molecule has 2 N–H and O–H groups in total. The third kappa shape index (κ3) is 6.64. The van der Waals surface area contributed by atoms with Crippen LogP contribution >= 0.6 is 23.4 Å². The maximum Gasteiger partial charge on any atom is 0.303 e. The second-order valence-corrected chi connectivity index (χ2v) is 10.8. The van der Waals surface area contributed by atoms with E-state index in [1.165, 1.54) is 0 Å². The highest BCUT2D eigenvalue weighted by Gasteiger charge is 2.37. The van der Waals surface area contributed by atoms with E-state index in [9.17, 15) is 15.0 Å². The molecule has 0 radical (unpaired) electrons. The number of halogens is 1. The van der Waals surface area contributed by atoms with E-state index in [1.807, 2.05) is 18.2 Å². The van der Waals surface area contributed by atoms with Gasteiger partial charge in [0.2, 0.25) is 0 Å². The molecule has 4 rings (SSSR count). The maximum atomic E-state index is 11.8. The lowest BCUT2D eigenvalue weighted by atomic mass is 9.71. The minimum atomic E-state index is -0.831. The fourth-order valence-corrected chi connectivity index (χ4v) is 6.05. The van der Waals surface area contributed by atoms with Gasteiger partial charge in [0.05, 0.1) is 36.4 Å². The number of carbonyl (C=O) groups is 1. The zero-order valence-corrected chi connectivity index (χ0v) is 21.8. The first-order chi connectivity index (χ1) is 17.4. The third-order valence-electron chi connectivity index (χ3n) is 6.99. The van der Waals surface area contributed by atoms with Crippen molar-refractivity contribution in [2.75, 3.05) is 32.5 Å². The Bertz CT molecular complexity index is 1180. The molecule has 1 aromatic carbocycles. The smallest absolute Gasteiger partial charge is 0.303 e. The maximum absolute atomic E-state index is 11.8. The molecule has 0 bridgehead atoms. The molecule has 8 nitrogen and oxygen atoms in total. The molecule has 0 aliphatic carbocycles. The Labute approximate surface area is 220 Å². The van der Waals surface area contributed by atoms with E-state index in [-0.39, 0.29) is 11.8 Å². The predicted octanol–water partition coefficient (Wildman–Crippen LogP) is 4.85. The van der Waals surface area contributed by atoms with Gasteiger partial charge in [-0.3, -0.25) is 14.8 Å². The van der Waals surface area contributed by atoms with Crippen molar-refractivity contribution in [1.29, 1.82) is 0 Å². The Balaban J connectivity index is 1.39. The normalized spacial score (nSPS) is 16.6. The van der Waals surface area contributed by atoms with Crippen molar-refractivity contribution >= 4 is 40.2 Å². The van der Waals surface area contributed by atoms with Crippen molar-refractivity contribution in [3.63, 3.8) is 0 Å². The van der Waals surface area contributed by atoms with Crippen LogP contribution in [-0.2, 0) is 4.79 Å². The van der Waals surface area contributed by atoms with Crippen molar-refractivity contribution in [3.05, 3.63) is 53.6 Å². The number of fused-ring (bicyclic) bond motifs is 1. The van der Waals surface area contributed by atoms with Crippen LogP contribution in [0.4, 0.5) is 0 Å². The number of hydrogen-bond donors (Lipinski definition) is 2. The molecule has 1 aliphatic heterocycles. The van der Waals surface area contributed by atoms with Gasteiger partial charge in [-0.25, -0.2) is 4.98 Å². The van der Waals surface area contributed by atoms with E-state index in [1.54, 1.807) is 43.7 Å². The quantitative estimate of drug-likeness (QED) is 0.336. The number of carboxylic acids is 1. The average molecular weight is 531 g/mol. The number of carboxylic acid groups (broad SMARTS) is 1. The number of rotatable bonds is 11. The molecule has 0 saturated carbocycles. The van der Waals surface area contributed by atoms with Crippen LogP contribution in [0.5, 0.6) is 5.75 Å². The second kappa shape index (κ2) is 12.2. The Kier molecular flexibility index (Phi) is 9.00. The van der Waals surface area contributed by atoms with Gasteiger partial charge >= 0.3 is 5.97 Å². The molecule has 3 aromatic rings. The standard InChI is InChI=1S/C26H31ClN4O4S/c1-35-18-2-3-21-19(14-18)25(20(27)16-30-21)22(32)4-5-26(15-24(33)34)6-10-31(11-7-26)12-13-36-23-17-28-8-9-29-23/h2-3,8-9,14,16-17,22,32H,4-7,10-13,15H2,1H3,(H,33,34). The molecule has 2 aromatic heterocycles. The lowest BCUT2D eigenvalue weighted by Crippen LogP contribution is -2.42.